The summed E-state index contributed by atoms with van der Waals surface area (Å²) in [6.07, 6.45) is 7.18. The summed E-state index contributed by atoms with van der Waals surface area (Å²) < 4.78 is 0. The third-order valence-corrected chi connectivity index (χ3v) is 3.00. The van der Waals surface area contributed by atoms with Crippen LogP contribution in [0.4, 0.5) is 0 Å². The Morgan fingerprint density at radius 3 is 2.33 bits per heavy atom. The molecule has 0 radical (unpaired) electrons. The first-order valence-electron chi connectivity index (χ1n) is 5.10. The summed E-state index contributed by atoms with van der Waals surface area (Å²) in [5.41, 5.74) is 0.0737. The van der Waals surface area contributed by atoms with Gasteiger partial charge in [0.05, 0.1) is 11.5 Å². The summed E-state index contributed by atoms with van der Waals surface area (Å²) in [5.74, 6) is 0.746. The Labute approximate surface area is 75.8 Å². The Morgan fingerprint density at radius 1 is 1.33 bits per heavy atom. The lowest BCUT2D eigenvalue weighted by Crippen LogP contribution is -2.14. The SMILES string of the molecule is CC(C)CCC1(C#N)CCCC1. The minimum absolute atomic E-state index is 0.0737. The second-order valence-electron chi connectivity index (χ2n) is 4.53. The van der Waals surface area contributed by atoms with E-state index in [4.69, 9.17) is 5.26 Å². The van der Waals surface area contributed by atoms with Crippen LogP contribution in [0.25, 0.3) is 0 Å². The van der Waals surface area contributed by atoms with Gasteiger partial charge in [-0.25, -0.2) is 0 Å². The molecule has 0 amide bonds. The van der Waals surface area contributed by atoms with E-state index in [1.165, 1.54) is 19.3 Å². The van der Waals surface area contributed by atoms with E-state index < -0.39 is 0 Å². The van der Waals surface area contributed by atoms with Gasteiger partial charge in [-0.3, -0.25) is 0 Å². The van der Waals surface area contributed by atoms with E-state index in [1.54, 1.807) is 0 Å². The molecule has 0 N–H and O–H groups in total. The molecule has 0 aromatic heterocycles. The third-order valence-electron chi connectivity index (χ3n) is 3.00. The molecule has 0 bridgehead atoms. The number of nitrogens with zero attached hydrogens (tertiary/aromatic N) is 1. The lowest BCUT2D eigenvalue weighted by Gasteiger charge is -2.20. The number of hydrogen-bond acceptors (Lipinski definition) is 1. The molecule has 0 unspecified atom stereocenters. The van der Waals surface area contributed by atoms with Crippen LogP contribution < -0.4 is 0 Å². The van der Waals surface area contributed by atoms with Gasteiger partial charge in [0.1, 0.15) is 0 Å². The van der Waals surface area contributed by atoms with E-state index in [2.05, 4.69) is 19.9 Å². The standard InChI is InChI=1S/C11H19N/c1-10(2)5-8-11(9-12)6-3-4-7-11/h10H,3-8H2,1-2H3. The summed E-state index contributed by atoms with van der Waals surface area (Å²) >= 11 is 0. The molecule has 1 saturated carbocycles. The van der Waals surface area contributed by atoms with E-state index in [9.17, 15) is 0 Å². The van der Waals surface area contributed by atoms with Gasteiger partial charge >= 0.3 is 0 Å². The minimum Gasteiger partial charge on any atom is -0.198 e. The summed E-state index contributed by atoms with van der Waals surface area (Å²) in [4.78, 5) is 0. The predicted molar refractivity (Wildman–Crippen MR) is 50.6 cm³/mol. The van der Waals surface area contributed by atoms with E-state index in [0.29, 0.717) is 0 Å². The van der Waals surface area contributed by atoms with Crippen LogP contribution in [0.5, 0.6) is 0 Å². The Bertz CT molecular complexity index is 170. The maximum Gasteiger partial charge on any atom is 0.0689 e. The molecule has 0 saturated heterocycles. The van der Waals surface area contributed by atoms with Crippen molar-refractivity contribution in [1.82, 2.24) is 0 Å². The molecule has 1 aliphatic rings. The van der Waals surface area contributed by atoms with Gasteiger partial charge in [0.15, 0.2) is 0 Å². The van der Waals surface area contributed by atoms with Crippen LogP contribution in [0.15, 0.2) is 0 Å². The van der Waals surface area contributed by atoms with Crippen molar-refractivity contribution in [3.05, 3.63) is 0 Å². The zero-order valence-electron chi connectivity index (χ0n) is 8.27. The molecule has 1 aliphatic carbocycles. The number of nitriles is 1. The van der Waals surface area contributed by atoms with Gasteiger partial charge < -0.3 is 0 Å². The second kappa shape index (κ2) is 3.94. The third kappa shape index (κ3) is 2.24. The molecule has 1 heteroatoms. The lowest BCUT2D eigenvalue weighted by atomic mass is 9.81. The molecule has 12 heavy (non-hydrogen) atoms. The monoisotopic (exact) mass is 165 g/mol. The molecule has 0 atom stereocenters. The molecule has 0 aromatic rings. The van der Waals surface area contributed by atoms with Crippen LogP contribution in [0, 0.1) is 22.7 Å². The van der Waals surface area contributed by atoms with Crippen molar-refractivity contribution in [2.75, 3.05) is 0 Å². The molecule has 0 spiro atoms. The van der Waals surface area contributed by atoms with Gasteiger partial charge in [0.25, 0.3) is 0 Å². The van der Waals surface area contributed by atoms with Gasteiger partial charge in [-0.05, 0) is 31.6 Å². The van der Waals surface area contributed by atoms with Crippen molar-refractivity contribution < 1.29 is 0 Å². The first-order chi connectivity index (χ1) is 5.68. The molecular formula is C11H19N. The van der Waals surface area contributed by atoms with E-state index in [1.807, 2.05) is 0 Å². The summed E-state index contributed by atoms with van der Waals surface area (Å²) in [6, 6.07) is 2.53. The van der Waals surface area contributed by atoms with Crippen LogP contribution in [0.2, 0.25) is 0 Å². The van der Waals surface area contributed by atoms with Gasteiger partial charge in [-0.2, -0.15) is 5.26 Å². The van der Waals surface area contributed by atoms with Crippen molar-refractivity contribution in [2.24, 2.45) is 11.3 Å². The highest BCUT2D eigenvalue weighted by Crippen LogP contribution is 2.41. The molecular weight excluding hydrogens is 146 g/mol. The van der Waals surface area contributed by atoms with Gasteiger partial charge in [-0.1, -0.05) is 26.7 Å². The number of rotatable bonds is 3. The second-order valence-corrected chi connectivity index (χ2v) is 4.53. The fourth-order valence-electron chi connectivity index (χ4n) is 2.03. The van der Waals surface area contributed by atoms with Crippen molar-refractivity contribution in [3.8, 4) is 6.07 Å². The maximum atomic E-state index is 9.08. The topological polar surface area (TPSA) is 23.8 Å². The van der Waals surface area contributed by atoms with Gasteiger partial charge in [-0.15, -0.1) is 0 Å². The quantitative estimate of drug-likeness (QED) is 0.627. The Hall–Kier alpha value is -0.510. The summed E-state index contributed by atoms with van der Waals surface area (Å²) in [6.45, 7) is 4.47. The molecule has 1 rings (SSSR count). The zero-order chi connectivity index (χ0) is 9.03. The normalized spacial score (nSPS) is 21.2. The average Bonchev–Trinajstić information content (AvgIpc) is 2.50. The van der Waals surface area contributed by atoms with Crippen LogP contribution in [0.3, 0.4) is 0 Å². The average molecular weight is 165 g/mol. The van der Waals surface area contributed by atoms with Crippen molar-refractivity contribution in [2.45, 2.75) is 52.4 Å². The fraction of sp³-hybridized carbons (Fsp3) is 0.909. The highest BCUT2D eigenvalue weighted by Gasteiger charge is 2.33. The molecule has 1 fully saturated rings. The summed E-state index contributed by atoms with van der Waals surface area (Å²) in [5, 5.41) is 9.08. The maximum absolute atomic E-state index is 9.08. The molecule has 0 aromatic carbocycles. The Morgan fingerprint density at radius 2 is 1.92 bits per heavy atom. The van der Waals surface area contributed by atoms with Crippen LogP contribution in [0.1, 0.15) is 52.4 Å². The van der Waals surface area contributed by atoms with Crippen LogP contribution in [-0.4, -0.2) is 0 Å². The van der Waals surface area contributed by atoms with E-state index in [0.717, 1.165) is 25.2 Å². The Balaban J connectivity index is 2.41. The highest BCUT2D eigenvalue weighted by molar-refractivity contribution is 5.01. The van der Waals surface area contributed by atoms with Crippen molar-refractivity contribution >= 4 is 0 Å². The molecule has 0 aliphatic heterocycles. The van der Waals surface area contributed by atoms with Crippen LogP contribution >= 0.6 is 0 Å². The molecule has 0 heterocycles. The predicted octanol–water partition coefficient (Wildman–Crippen LogP) is 3.51. The summed E-state index contributed by atoms with van der Waals surface area (Å²) in [7, 11) is 0. The van der Waals surface area contributed by atoms with Gasteiger partial charge in [0, 0.05) is 0 Å². The van der Waals surface area contributed by atoms with E-state index >= 15 is 0 Å². The van der Waals surface area contributed by atoms with Crippen LogP contribution in [-0.2, 0) is 0 Å². The highest BCUT2D eigenvalue weighted by atomic mass is 14.4. The lowest BCUT2D eigenvalue weighted by molar-refractivity contribution is 0.339. The Kier molecular flexibility index (Phi) is 3.14. The van der Waals surface area contributed by atoms with E-state index in [-0.39, 0.29) is 5.41 Å². The number of hydrogen-bond donors (Lipinski definition) is 0. The first kappa shape index (κ1) is 9.58. The fourth-order valence-corrected chi connectivity index (χ4v) is 2.03. The smallest absolute Gasteiger partial charge is 0.0689 e. The molecule has 68 valence electrons. The first-order valence-corrected chi connectivity index (χ1v) is 5.10. The molecule has 1 nitrogen and oxygen atoms in total. The van der Waals surface area contributed by atoms with Gasteiger partial charge in [0.2, 0.25) is 0 Å². The largest absolute Gasteiger partial charge is 0.198 e. The van der Waals surface area contributed by atoms with Crippen molar-refractivity contribution in [3.63, 3.8) is 0 Å². The minimum atomic E-state index is 0.0737. The van der Waals surface area contributed by atoms with Crippen molar-refractivity contribution in [1.29, 1.82) is 5.26 Å². The zero-order valence-corrected chi connectivity index (χ0v) is 8.27.